The van der Waals surface area contributed by atoms with Crippen LogP contribution in [0.15, 0.2) is 36.9 Å². The van der Waals surface area contributed by atoms with Crippen LogP contribution in [0.1, 0.15) is 12.0 Å². The van der Waals surface area contributed by atoms with E-state index in [4.69, 9.17) is 10.5 Å². The van der Waals surface area contributed by atoms with Crippen LogP contribution in [-0.2, 0) is 11.3 Å². The van der Waals surface area contributed by atoms with Crippen LogP contribution in [0.5, 0.6) is 5.75 Å². The molecule has 0 aliphatic carbocycles. The first-order valence-corrected chi connectivity index (χ1v) is 5.56. The van der Waals surface area contributed by atoms with Gasteiger partial charge in [-0.3, -0.25) is 4.79 Å². The fraction of sp³-hybridized carbons (Fsp3) is 0.308. The minimum absolute atomic E-state index is 0.0500. The average molecular weight is 234 g/mol. The van der Waals surface area contributed by atoms with Crippen molar-refractivity contribution in [2.75, 3.05) is 13.2 Å². The van der Waals surface area contributed by atoms with E-state index in [9.17, 15) is 4.79 Å². The molecule has 1 rings (SSSR count). The van der Waals surface area contributed by atoms with Crippen LogP contribution < -0.4 is 15.8 Å². The molecule has 0 aliphatic rings. The van der Waals surface area contributed by atoms with E-state index in [1.165, 1.54) is 0 Å². The van der Waals surface area contributed by atoms with Crippen molar-refractivity contribution in [2.24, 2.45) is 5.73 Å². The number of amides is 1. The molecular weight excluding hydrogens is 216 g/mol. The van der Waals surface area contributed by atoms with Crippen molar-refractivity contribution in [3.05, 3.63) is 42.5 Å². The molecule has 0 fully saturated rings. The first kappa shape index (κ1) is 13.3. The molecule has 92 valence electrons. The summed E-state index contributed by atoms with van der Waals surface area (Å²) in [4.78, 5) is 11.3. The number of para-hydroxylation sites is 1. The summed E-state index contributed by atoms with van der Waals surface area (Å²) in [7, 11) is 0. The number of ether oxygens (including phenoxy) is 1. The number of nitrogens with one attached hydrogen (secondary N) is 1. The van der Waals surface area contributed by atoms with Crippen LogP contribution >= 0.6 is 0 Å². The second-order valence-corrected chi connectivity index (χ2v) is 3.52. The van der Waals surface area contributed by atoms with Crippen molar-refractivity contribution in [3.8, 4) is 5.75 Å². The Morgan fingerprint density at radius 2 is 2.24 bits per heavy atom. The summed E-state index contributed by atoms with van der Waals surface area (Å²) in [5, 5.41) is 2.79. The Morgan fingerprint density at radius 3 is 2.94 bits per heavy atom. The Morgan fingerprint density at radius 1 is 1.47 bits per heavy atom. The second kappa shape index (κ2) is 7.46. The van der Waals surface area contributed by atoms with Gasteiger partial charge in [0, 0.05) is 25.1 Å². The van der Waals surface area contributed by atoms with Crippen LogP contribution in [0.2, 0.25) is 0 Å². The van der Waals surface area contributed by atoms with Crippen LogP contribution in [0.3, 0.4) is 0 Å². The third kappa shape index (κ3) is 4.70. The van der Waals surface area contributed by atoms with Gasteiger partial charge >= 0.3 is 0 Å². The van der Waals surface area contributed by atoms with Gasteiger partial charge in [-0.15, -0.1) is 0 Å². The highest BCUT2D eigenvalue weighted by Crippen LogP contribution is 2.17. The molecule has 0 unspecified atom stereocenters. The molecule has 0 spiro atoms. The monoisotopic (exact) mass is 234 g/mol. The summed E-state index contributed by atoms with van der Waals surface area (Å²) in [5.74, 6) is 0.714. The smallest absolute Gasteiger partial charge is 0.221 e. The zero-order chi connectivity index (χ0) is 12.5. The van der Waals surface area contributed by atoms with E-state index in [1.807, 2.05) is 24.3 Å². The third-order valence-electron chi connectivity index (χ3n) is 2.18. The van der Waals surface area contributed by atoms with E-state index in [1.54, 1.807) is 6.08 Å². The minimum Gasteiger partial charge on any atom is -0.489 e. The van der Waals surface area contributed by atoms with E-state index in [2.05, 4.69) is 11.9 Å². The molecule has 0 bridgehead atoms. The summed E-state index contributed by atoms with van der Waals surface area (Å²) in [5.41, 5.74) is 6.24. The molecule has 4 heteroatoms. The zero-order valence-electron chi connectivity index (χ0n) is 9.82. The van der Waals surface area contributed by atoms with Crippen molar-refractivity contribution in [1.29, 1.82) is 0 Å². The molecule has 0 radical (unpaired) electrons. The van der Waals surface area contributed by atoms with Crippen LogP contribution in [0.4, 0.5) is 0 Å². The number of carbonyl (C=O) groups is 1. The molecule has 0 saturated carbocycles. The summed E-state index contributed by atoms with van der Waals surface area (Å²) in [6, 6.07) is 7.59. The minimum atomic E-state index is -0.0500. The molecule has 4 nitrogen and oxygen atoms in total. The number of benzene rings is 1. The van der Waals surface area contributed by atoms with Crippen LogP contribution in [0, 0.1) is 0 Å². The highest BCUT2D eigenvalue weighted by molar-refractivity contribution is 5.76. The van der Waals surface area contributed by atoms with Gasteiger partial charge in [0.25, 0.3) is 0 Å². The Balaban J connectivity index is 2.56. The van der Waals surface area contributed by atoms with Crippen molar-refractivity contribution < 1.29 is 9.53 Å². The van der Waals surface area contributed by atoms with E-state index < -0.39 is 0 Å². The van der Waals surface area contributed by atoms with Crippen molar-refractivity contribution in [2.45, 2.75) is 13.0 Å². The standard InChI is InChI=1S/C13H18N2O2/c1-2-9-17-12-6-4-3-5-11(12)10-15-13(16)7-8-14/h2-6H,1,7-10,14H2,(H,15,16). The summed E-state index contributed by atoms with van der Waals surface area (Å²) in [6.07, 6.45) is 2.03. The van der Waals surface area contributed by atoms with Gasteiger partial charge in [-0.2, -0.15) is 0 Å². The van der Waals surface area contributed by atoms with Crippen LogP contribution in [-0.4, -0.2) is 19.1 Å². The van der Waals surface area contributed by atoms with Crippen molar-refractivity contribution >= 4 is 5.91 Å². The third-order valence-corrected chi connectivity index (χ3v) is 2.18. The first-order valence-electron chi connectivity index (χ1n) is 5.56. The lowest BCUT2D eigenvalue weighted by Crippen LogP contribution is -2.25. The van der Waals surface area contributed by atoms with Gasteiger partial charge in [-0.1, -0.05) is 30.9 Å². The summed E-state index contributed by atoms with van der Waals surface area (Å²) >= 11 is 0. The highest BCUT2D eigenvalue weighted by Gasteiger charge is 2.04. The Labute approximate surface area is 101 Å². The van der Waals surface area contributed by atoms with E-state index in [-0.39, 0.29) is 5.91 Å². The lowest BCUT2D eigenvalue weighted by molar-refractivity contribution is -0.121. The zero-order valence-corrected chi connectivity index (χ0v) is 9.82. The normalized spacial score (nSPS) is 9.71. The molecule has 3 N–H and O–H groups in total. The fourth-order valence-corrected chi connectivity index (χ4v) is 1.35. The van der Waals surface area contributed by atoms with E-state index >= 15 is 0 Å². The fourth-order valence-electron chi connectivity index (χ4n) is 1.35. The van der Waals surface area contributed by atoms with E-state index in [0.29, 0.717) is 26.1 Å². The largest absolute Gasteiger partial charge is 0.489 e. The maximum absolute atomic E-state index is 11.3. The Kier molecular flexibility index (Phi) is 5.82. The number of carbonyl (C=O) groups excluding carboxylic acids is 1. The van der Waals surface area contributed by atoms with Gasteiger partial charge in [0.05, 0.1) is 0 Å². The van der Waals surface area contributed by atoms with Gasteiger partial charge < -0.3 is 15.8 Å². The number of rotatable bonds is 7. The van der Waals surface area contributed by atoms with Gasteiger partial charge in [0.15, 0.2) is 0 Å². The predicted octanol–water partition coefficient (Wildman–Crippen LogP) is 1.22. The van der Waals surface area contributed by atoms with Gasteiger partial charge in [-0.05, 0) is 6.07 Å². The lowest BCUT2D eigenvalue weighted by Gasteiger charge is -2.10. The Hall–Kier alpha value is -1.81. The maximum Gasteiger partial charge on any atom is 0.221 e. The highest BCUT2D eigenvalue weighted by atomic mass is 16.5. The molecule has 17 heavy (non-hydrogen) atoms. The molecule has 0 aromatic heterocycles. The molecule has 0 saturated heterocycles. The van der Waals surface area contributed by atoms with Gasteiger partial charge in [-0.25, -0.2) is 0 Å². The number of nitrogens with two attached hydrogens (primary N) is 1. The first-order chi connectivity index (χ1) is 8.27. The Bertz CT molecular complexity index is 377. The van der Waals surface area contributed by atoms with Crippen LogP contribution in [0.25, 0.3) is 0 Å². The number of hydrogen-bond donors (Lipinski definition) is 2. The SMILES string of the molecule is C=CCOc1ccccc1CNC(=O)CCN. The van der Waals surface area contributed by atoms with E-state index in [0.717, 1.165) is 11.3 Å². The number of hydrogen-bond acceptors (Lipinski definition) is 3. The van der Waals surface area contributed by atoms with Crippen molar-refractivity contribution in [1.82, 2.24) is 5.32 Å². The maximum atomic E-state index is 11.3. The van der Waals surface area contributed by atoms with Gasteiger partial charge in [0.2, 0.25) is 5.91 Å². The molecule has 0 heterocycles. The molecule has 1 amide bonds. The molecule has 0 atom stereocenters. The average Bonchev–Trinajstić information content (AvgIpc) is 2.35. The molecule has 1 aromatic carbocycles. The van der Waals surface area contributed by atoms with Crippen molar-refractivity contribution in [3.63, 3.8) is 0 Å². The molecule has 0 aliphatic heterocycles. The predicted molar refractivity (Wildman–Crippen MR) is 67.7 cm³/mol. The quantitative estimate of drug-likeness (QED) is 0.697. The lowest BCUT2D eigenvalue weighted by atomic mass is 10.2. The summed E-state index contributed by atoms with van der Waals surface area (Å²) < 4.78 is 5.48. The molecular formula is C13H18N2O2. The second-order valence-electron chi connectivity index (χ2n) is 3.52. The topological polar surface area (TPSA) is 64.3 Å². The molecule has 1 aromatic rings. The summed E-state index contributed by atoms with van der Waals surface area (Å²) in [6.45, 7) is 4.86. The van der Waals surface area contributed by atoms with Gasteiger partial charge in [0.1, 0.15) is 12.4 Å².